The summed E-state index contributed by atoms with van der Waals surface area (Å²) in [7, 11) is 0. The minimum atomic E-state index is -0.290. The lowest BCUT2D eigenvalue weighted by atomic mass is 9.92. The summed E-state index contributed by atoms with van der Waals surface area (Å²) in [5, 5.41) is 11.9. The Balaban J connectivity index is 1.66. The fourth-order valence-corrected chi connectivity index (χ4v) is 3.38. The maximum atomic E-state index is 13.2. The number of amides is 1. The molecule has 3 rings (SSSR count). The van der Waals surface area contributed by atoms with Crippen molar-refractivity contribution < 1.29 is 13.7 Å². The molecule has 5 nitrogen and oxygen atoms in total. The van der Waals surface area contributed by atoms with E-state index in [1.165, 1.54) is 12.1 Å². The normalized spacial score (nSPS) is 12.7. The summed E-state index contributed by atoms with van der Waals surface area (Å²) in [5.74, 6) is -0.210. The predicted molar refractivity (Wildman–Crippen MR) is 104 cm³/mol. The number of halogens is 1. The van der Waals surface area contributed by atoms with Gasteiger partial charge in [-0.1, -0.05) is 44.1 Å². The van der Waals surface area contributed by atoms with Crippen molar-refractivity contribution in [1.29, 1.82) is 0 Å². The molecule has 0 spiro atoms. The highest BCUT2D eigenvalue weighted by Crippen LogP contribution is 2.26. The minimum absolute atomic E-state index is 0.0749. The molecule has 1 atom stereocenters. The number of thiophene rings is 1. The molecule has 0 saturated heterocycles. The molecule has 2 aromatic heterocycles. The van der Waals surface area contributed by atoms with Crippen molar-refractivity contribution in [3.8, 4) is 0 Å². The quantitative estimate of drug-likeness (QED) is 0.654. The van der Waals surface area contributed by atoms with Crippen molar-refractivity contribution in [2.24, 2.45) is 0 Å². The van der Waals surface area contributed by atoms with Gasteiger partial charge in [0.2, 0.25) is 11.8 Å². The van der Waals surface area contributed by atoms with Crippen molar-refractivity contribution in [2.45, 2.75) is 32.2 Å². The fraction of sp³-hybridized carbons (Fsp3) is 0.300. The van der Waals surface area contributed by atoms with E-state index in [0.29, 0.717) is 5.88 Å². The van der Waals surface area contributed by atoms with E-state index in [0.717, 1.165) is 16.1 Å². The van der Waals surface area contributed by atoms with Crippen LogP contribution < -0.4 is 10.6 Å². The highest BCUT2D eigenvalue weighted by molar-refractivity contribution is 7.10. The molecular formula is C20H22FN3O2S. The van der Waals surface area contributed by atoms with Crippen LogP contribution in [0.3, 0.4) is 0 Å². The Hall–Kier alpha value is -2.51. The molecule has 3 aromatic rings. The molecule has 2 N–H and O–H groups in total. The third kappa shape index (κ3) is 5.02. The largest absolute Gasteiger partial charge is 0.338 e. The lowest BCUT2D eigenvalue weighted by Gasteiger charge is -2.17. The predicted octanol–water partition coefficient (Wildman–Crippen LogP) is 4.49. The van der Waals surface area contributed by atoms with Crippen molar-refractivity contribution in [1.82, 2.24) is 10.5 Å². The summed E-state index contributed by atoms with van der Waals surface area (Å²) >= 11 is 1.58. The second-order valence-electron chi connectivity index (χ2n) is 7.26. The highest BCUT2D eigenvalue weighted by atomic mass is 32.1. The summed E-state index contributed by atoms with van der Waals surface area (Å²) in [6.07, 6.45) is 0. The van der Waals surface area contributed by atoms with Crippen molar-refractivity contribution in [3.63, 3.8) is 0 Å². The summed E-state index contributed by atoms with van der Waals surface area (Å²) in [6.45, 7) is 6.14. The fourth-order valence-electron chi connectivity index (χ4n) is 2.56. The van der Waals surface area contributed by atoms with E-state index in [1.54, 1.807) is 29.5 Å². The van der Waals surface area contributed by atoms with Crippen LogP contribution in [0.15, 0.2) is 52.4 Å². The lowest BCUT2D eigenvalue weighted by Crippen LogP contribution is -2.31. The van der Waals surface area contributed by atoms with Crippen LogP contribution in [-0.2, 0) is 10.2 Å². The summed E-state index contributed by atoms with van der Waals surface area (Å²) < 4.78 is 18.4. The SMILES string of the molecule is CC(C)(C)c1cc(NC(=O)CN[C@@H](c2ccc(F)cc2)c2cccs2)on1. The van der Waals surface area contributed by atoms with Crippen LogP contribution >= 0.6 is 11.3 Å². The monoisotopic (exact) mass is 387 g/mol. The molecule has 0 saturated carbocycles. The van der Waals surface area contributed by atoms with Crippen LogP contribution in [0, 0.1) is 5.82 Å². The van der Waals surface area contributed by atoms with Gasteiger partial charge in [-0.2, -0.15) is 0 Å². The van der Waals surface area contributed by atoms with E-state index in [-0.39, 0.29) is 29.7 Å². The van der Waals surface area contributed by atoms with E-state index in [4.69, 9.17) is 4.52 Å². The van der Waals surface area contributed by atoms with Crippen LogP contribution in [0.1, 0.15) is 42.9 Å². The van der Waals surface area contributed by atoms with Gasteiger partial charge in [0, 0.05) is 16.4 Å². The number of hydrogen-bond donors (Lipinski definition) is 2. The number of anilines is 1. The third-order valence-corrected chi connectivity index (χ3v) is 4.98. The van der Waals surface area contributed by atoms with Gasteiger partial charge in [0.05, 0.1) is 18.3 Å². The third-order valence-electron chi connectivity index (χ3n) is 4.04. The molecule has 2 heterocycles. The van der Waals surface area contributed by atoms with Crippen LogP contribution in [0.4, 0.5) is 10.3 Å². The van der Waals surface area contributed by atoms with E-state index in [1.807, 2.05) is 38.3 Å². The molecule has 7 heteroatoms. The average Bonchev–Trinajstić information content (AvgIpc) is 3.28. The Bertz CT molecular complexity index is 883. The maximum Gasteiger partial charge on any atom is 0.240 e. The van der Waals surface area contributed by atoms with Gasteiger partial charge in [0.1, 0.15) is 5.82 Å². The maximum absolute atomic E-state index is 13.2. The molecule has 0 radical (unpaired) electrons. The first-order valence-electron chi connectivity index (χ1n) is 8.62. The van der Waals surface area contributed by atoms with Gasteiger partial charge in [-0.25, -0.2) is 4.39 Å². The van der Waals surface area contributed by atoms with Crippen molar-refractivity contribution in [3.05, 3.63) is 69.8 Å². The molecule has 27 heavy (non-hydrogen) atoms. The second-order valence-corrected chi connectivity index (χ2v) is 8.23. The molecule has 0 unspecified atom stereocenters. The molecule has 0 bridgehead atoms. The zero-order valence-corrected chi connectivity index (χ0v) is 16.3. The molecule has 0 aliphatic heterocycles. The zero-order valence-electron chi connectivity index (χ0n) is 15.5. The summed E-state index contributed by atoms with van der Waals surface area (Å²) in [4.78, 5) is 13.4. The molecule has 1 amide bonds. The molecule has 0 aliphatic carbocycles. The van der Waals surface area contributed by atoms with Crippen LogP contribution in [0.5, 0.6) is 0 Å². The van der Waals surface area contributed by atoms with Gasteiger partial charge in [-0.3, -0.25) is 15.4 Å². The second kappa shape index (κ2) is 8.02. The Labute approximate surface area is 161 Å². The smallest absolute Gasteiger partial charge is 0.240 e. The number of rotatable bonds is 6. The molecule has 142 valence electrons. The number of nitrogens with zero attached hydrogens (tertiary/aromatic N) is 1. The topological polar surface area (TPSA) is 67.2 Å². The zero-order chi connectivity index (χ0) is 19.4. The van der Waals surface area contributed by atoms with Gasteiger partial charge in [-0.15, -0.1) is 11.3 Å². The number of carbonyl (C=O) groups is 1. The average molecular weight is 387 g/mol. The van der Waals surface area contributed by atoms with E-state index in [2.05, 4.69) is 15.8 Å². The first-order valence-corrected chi connectivity index (χ1v) is 9.50. The van der Waals surface area contributed by atoms with Crippen molar-refractivity contribution >= 4 is 23.1 Å². The number of nitrogens with one attached hydrogen (secondary N) is 2. The van der Waals surface area contributed by atoms with Crippen molar-refractivity contribution in [2.75, 3.05) is 11.9 Å². The number of aromatic nitrogens is 1. The van der Waals surface area contributed by atoms with Gasteiger partial charge in [-0.05, 0) is 29.1 Å². The first-order chi connectivity index (χ1) is 12.8. The summed E-state index contributed by atoms with van der Waals surface area (Å²) in [5.41, 5.74) is 1.51. The van der Waals surface area contributed by atoms with Crippen LogP contribution in [0.2, 0.25) is 0 Å². The van der Waals surface area contributed by atoms with E-state index in [9.17, 15) is 9.18 Å². The van der Waals surface area contributed by atoms with Crippen LogP contribution in [-0.4, -0.2) is 17.6 Å². The molecule has 0 aliphatic rings. The first kappa shape index (κ1) is 19.3. The Morgan fingerprint density at radius 3 is 2.59 bits per heavy atom. The highest BCUT2D eigenvalue weighted by Gasteiger charge is 2.20. The Kier molecular flexibility index (Phi) is 5.72. The number of carbonyl (C=O) groups excluding carboxylic acids is 1. The summed E-state index contributed by atoms with van der Waals surface area (Å²) in [6, 6.07) is 11.7. The Morgan fingerprint density at radius 1 is 1.26 bits per heavy atom. The van der Waals surface area contributed by atoms with Gasteiger partial charge in [0.25, 0.3) is 0 Å². The number of benzene rings is 1. The molecular weight excluding hydrogens is 365 g/mol. The van der Waals surface area contributed by atoms with E-state index >= 15 is 0 Å². The molecule has 0 fully saturated rings. The van der Waals surface area contributed by atoms with Gasteiger partial charge in [0.15, 0.2) is 0 Å². The van der Waals surface area contributed by atoms with Crippen LogP contribution in [0.25, 0.3) is 0 Å². The molecule has 1 aromatic carbocycles. The Morgan fingerprint density at radius 2 is 2.00 bits per heavy atom. The minimum Gasteiger partial charge on any atom is -0.338 e. The van der Waals surface area contributed by atoms with Gasteiger partial charge >= 0.3 is 0 Å². The van der Waals surface area contributed by atoms with E-state index < -0.39 is 0 Å². The number of hydrogen-bond acceptors (Lipinski definition) is 5. The van der Waals surface area contributed by atoms with Gasteiger partial charge < -0.3 is 4.52 Å². The lowest BCUT2D eigenvalue weighted by molar-refractivity contribution is -0.115. The standard InChI is InChI=1S/C20H22FN3O2S/c1-20(2,3)16-11-18(26-24-16)23-17(25)12-22-19(15-5-4-10-27-15)13-6-8-14(21)9-7-13/h4-11,19,22H,12H2,1-3H3,(H,23,25)/t19-/m0/s1.